The topological polar surface area (TPSA) is 283 Å². The lowest BCUT2D eigenvalue weighted by Crippen LogP contribution is -2.47. The first kappa shape index (κ1) is 41.9. The van der Waals surface area contributed by atoms with Crippen molar-refractivity contribution in [3.63, 3.8) is 0 Å². The van der Waals surface area contributed by atoms with Crippen LogP contribution in [0.5, 0.6) is 5.88 Å². The number of carbonyl (C=O) groups excluding carboxylic acids is 5. The highest BCUT2D eigenvalue weighted by molar-refractivity contribution is 5.94. The zero-order valence-corrected chi connectivity index (χ0v) is 32.5. The first-order valence-corrected chi connectivity index (χ1v) is 18.5. The maximum atomic E-state index is 13.6. The highest BCUT2D eigenvalue weighted by Crippen LogP contribution is 2.23. The van der Waals surface area contributed by atoms with E-state index in [-0.39, 0.29) is 99.0 Å². The van der Waals surface area contributed by atoms with Crippen LogP contribution >= 0.6 is 0 Å². The summed E-state index contributed by atoms with van der Waals surface area (Å²) in [6.07, 6.45) is 3.19. The summed E-state index contributed by atoms with van der Waals surface area (Å²) in [6.45, 7) is -1.14. The molecule has 0 aliphatic carbocycles. The zero-order chi connectivity index (χ0) is 42.4. The molecular weight excluding hydrogens is 781 g/mol. The highest BCUT2D eigenvalue weighted by Gasteiger charge is 2.23. The fraction of sp³-hybridized carbons (Fsp3) is 0.289. The fourth-order valence-electron chi connectivity index (χ4n) is 5.83. The molecule has 0 fully saturated rings. The number of hydrogen-bond acceptors (Lipinski definition) is 16. The third kappa shape index (κ3) is 11.0. The van der Waals surface area contributed by atoms with Crippen molar-refractivity contribution in [2.24, 2.45) is 5.73 Å². The van der Waals surface area contributed by atoms with Gasteiger partial charge in [0.15, 0.2) is 28.1 Å². The standard InChI is InChI=1S/C38H42N14O8/c1-58-30(56)19-50(29(55)18-52-24-45-32-35(52)47-37(40)48-36(32)59-20-25-8-4-2-5-9-25)15-13-41-27(53)16-49(14-12-39)28(54)17-51-23-44-31-33(42-22-43-34(31)51)46-38(57)60-21-26-10-6-3-7-11-26/h2-11,22-24H,12-21,39H2,1H3,(H,41,53)(H2,40,47,48)(H,42,43,46,57). The number of carbonyl (C=O) groups is 5. The van der Waals surface area contributed by atoms with Gasteiger partial charge in [-0.2, -0.15) is 9.97 Å². The Labute approximate surface area is 341 Å². The van der Waals surface area contributed by atoms with E-state index in [9.17, 15) is 24.0 Å². The molecule has 0 aliphatic heterocycles. The van der Waals surface area contributed by atoms with E-state index in [0.29, 0.717) is 0 Å². The molecule has 0 spiro atoms. The monoisotopic (exact) mass is 822 g/mol. The maximum Gasteiger partial charge on any atom is 0.413 e. The molecule has 0 saturated carbocycles. The quantitative estimate of drug-likeness (QED) is 0.0809. The summed E-state index contributed by atoms with van der Waals surface area (Å²) in [5.41, 5.74) is 14.4. The number of anilines is 2. The Morgan fingerprint density at radius 2 is 1.38 bits per heavy atom. The fourth-order valence-corrected chi connectivity index (χ4v) is 5.83. The minimum atomic E-state index is -0.755. The number of nitrogen functional groups attached to an aromatic ring is 1. The molecule has 0 aliphatic rings. The summed E-state index contributed by atoms with van der Waals surface area (Å²) in [4.78, 5) is 92.7. The molecule has 22 heteroatoms. The largest absolute Gasteiger partial charge is 0.471 e. The van der Waals surface area contributed by atoms with Crippen LogP contribution in [0.4, 0.5) is 16.6 Å². The molecular formula is C38H42N14O8. The van der Waals surface area contributed by atoms with Crippen molar-refractivity contribution < 1.29 is 38.2 Å². The molecule has 60 heavy (non-hydrogen) atoms. The van der Waals surface area contributed by atoms with Crippen LogP contribution in [-0.2, 0) is 55.0 Å². The van der Waals surface area contributed by atoms with E-state index in [0.717, 1.165) is 11.1 Å². The SMILES string of the molecule is COC(=O)CN(CCNC(=O)CN(CCN)C(=O)Cn1cnc2c(NC(=O)OCc3ccccc3)ncnc21)C(=O)Cn1cnc2c(OCc3ccccc3)nc(N)nc21. The van der Waals surface area contributed by atoms with E-state index in [2.05, 4.69) is 40.5 Å². The lowest BCUT2D eigenvalue weighted by Gasteiger charge is -2.24. The number of hydrogen-bond donors (Lipinski definition) is 4. The average Bonchev–Trinajstić information content (AvgIpc) is 3.86. The Morgan fingerprint density at radius 1 is 0.750 bits per heavy atom. The second-order valence-corrected chi connectivity index (χ2v) is 13.0. The lowest BCUT2D eigenvalue weighted by atomic mass is 10.2. The molecule has 0 atom stereocenters. The maximum absolute atomic E-state index is 13.6. The normalized spacial score (nSPS) is 10.9. The molecule has 6 rings (SSSR count). The van der Waals surface area contributed by atoms with Gasteiger partial charge in [0.2, 0.25) is 29.5 Å². The summed E-state index contributed by atoms with van der Waals surface area (Å²) in [6, 6.07) is 18.5. The number of nitrogens with zero attached hydrogens (tertiary/aromatic N) is 10. The van der Waals surface area contributed by atoms with Gasteiger partial charge in [-0.1, -0.05) is 60.7 Å². The van der Waals surface area contributed by atoms with Gasteiger partial charge in [0.25, 0.3) is 0 Å². The summed E-state index contributed by atoms with van der Waals surface area (Å²) >= 11 is 0. The van der Waals surface area contributed by atoms with Crippen molar-refractivity contribution in [1.82, 2.24) is 54.2 Å². The van der Waals surface area contributed by atoms with Crippen LogP contribution in [0.15, 0.2) is 79.6 Å². The van der Waals surface area contributed by atoms with Gasteiger partial charge < -0.3 is 49.9 Å². The molecule has 6 aromatic rings. The summed E-state index contributed by atoms with van der Waals surface area (Å²) in [7, 11) is 1.19. The number of ether oxygens (including phenoxy) is 3. The number of imidazole rings is 2. The predicted molar refractivity (Wildman–Crippen MR) is 213 cm³/mol. The molecule has 312 valence electrons. The van der Waals surface area contributed by atoms with E-state index in [1.54, 1.807) is 0 Å². The second kappa shape index (κ2) is 20.1. The molecule has 4 aromatic heterocycles. The number of fused-ring (bicyclic) bond motifs is 2. The van der Waals surface area contributed by atoms with Gasteiger partial charge >= 0.3 is 12.1 Å². The predicted octanol–water partition coefficient (Wildman–Crippen LogP) is 0.481. The lowest BCUT2D eigenvalue weighted by molar-refractivity contribution is -0.147. The van der Waals surface area contributed by atoms with Gasteiger partial charge in [0.1, 0.15) is 39.2 Å². The van der Waals surface area contributed by atoms with Crippen molar-refractivity contribution >= 4 is 63.9 Å². The van der Waals surface area contributed by atoms with Crippen LogP contribution < -0.4 is 26.8 Å². The third-order valence-electron chi connectivity index (χ3n) is 8.80. The minimum Gasteiger partial charge on any atom is -0.471 e. The van der Waals surface area contributed by atoms with Crippen molar-refractivity contribution in [1.29, 1.82) is 0 Å². The summed E-state index contributed by atoms with van der Waals surface area (Å²) in [5.74, 6) is -2.10. The summed E-state index contributed by atoms with van der Waals surface area (Å²) in [5, 5.41) is 5.23. The smallest absolute Gasteiger partial charge is 0.413 e. The average molecular weight is 823 g/mol. The van der Waals surface area contributed by atoms with Crippen LogP contribution in [0.25, 0.3) is 22.3 Å². The molecule has 22 nitrogen and oxygen atoms in total. The van der Waals surface area contributed by atoms with Crippen molar-refractivity contribution in [2.75, 3.05) is 57.4 Å². The Bertz CT molecular complexity index is 2440. The van der Waals surface area contributed by atoms with Crippen LogP contribution in [0.1, 0.15) is 11.1 Å². The third-order valence-corrected chi connectivity index (χ3v) is 8.80. The van der Waals surface area contributed by atoms with Gasteiger partial charge in [-0.3, -0.25) is 24.5 Å². The Balaban J connectivity index is 1.03. The Kier molecular flexibility index (Phi) is 14.0. The number of methoxy groups -OCH3 is 1. The first-order valence-electron chi connectivity index (χ1n) is 18.5. The van der Waals surface area contributed by atoms with Crippen LogP contribution in [0.3, 0.4) is 0 Å². The Morgan fingerprint density at radius 3 is 2.05 bits per heavy atom. The van der Waals surface area contributed by atoms with Gasteiger partial charge in [-0.25, -0.2) is 24.7 Å². The Hall–Kier alpha value is -7.75. The molecule has 4 amide bonds. The van der Waals surface area contributed by atoms with E-state index in [1.165, 1.54) is 45.0 Å². The molecule has 2 aromatic carbocycles. The van der Waals surface area contributed by atoms with Gasteiger partial charge in [0.05, 0.1) is 26.3 Å². The van der Waals surface area contributed by atoms with Gasteiger partial charge in [0, 0.05) is 26.2 Å². The number of amides is 4. The van der Waals surface area contributed by atoms with Crippen LogP contribution in [0, 0.1) is 0 Å². The molecule has 6 N–H and O–H groups in total. The van der Waals surface area contributed by atoms with Crippen LogP contribution in [0.2, 0.25) is 0 Å². The second-order valence-electron chi connectivity index (χ2n) is 13.0. The van der Waals surface area contributed by atoms with E-state index < -0.39 is 36.3 Å². The van der Waals surface area contributed by atoms with E-state index in [4.69, 9.17) is 25.7 Å². The van der Waals surface area contributed by atoms with Crippen molar-refractivity contribution in [2.45, 2.75) is 26.3 Å². The van der Waals surface area contributed by atoms with Gasteiger partial charge in [-0.15, -0.1) is 0 Å². The van der Waals surface area contributed by atoms with E-state index >= 15 is 0 Å². The number of rotatable bonds is 19. The van der Waals surface area contributed by atoms with Crippen molar-refractivity contribution in [3.05, 3.63) is 90.8 Å². The van der Waals surface area contributed by atoms with E-state index in [1.807, 2.05) is 60.7 Å². The van der Waals surface area contributed by atoms with Crippen LogP contribution in [-0.4, -0.2) is 125 Å². The highest BCUT2D eigenvalue weighted by atomic mass is 16.5. The number of esters is 1. The molecule has 0 unspecified atom stereocenters. The molecule has 0 saturated heterocycles. The van der Waals surface area contributed by atoms with Gasteiger partial charge in [-0.05, 0) is 11.1 Å². The molecule has 0 radical (unpaired) electrons. The number of aromatic nitrogens is 8. The first-order chi connectivity index (χ1) is 29.1. The number of benzene rings is 2. The molecule has 0 bridgehead atoms. The number of nitrogens with one attached hydrogen (secondary N) is 2. The minimum absolute atomic E-state index is 0.0439. The molecule has 4 heterocycles. The zero-order valence-electron chi connectivity index (χ0n) is 32.5. The summed E-state index contributed by atoms with van der Waals surface area (Å²) < 4.78 is 18.8. The van der Waals surface area contributed by atoms with Crippen molar-refractivity contribution in [3.8, 4) is 5.88 Å². The number of nitrogens with two attached hydrogens (primary N) is 2.